The van der Waals surface area contributed by atoms with Crippen LogP contribution in [0.25, 0.3) is 11.3 Å². The molecule has 29 heavy (non-hydrogen) atoms. The Hall–Kier alpha value is -2.48. The van der Waals surface area contributed by atoms with Gasteiger partial charge in [0.05, 0.1) is 29.2 Å². The summed E-state index contributed by atoms with van der Waals surface area (Å²) in [4.78, 5) is 11.1. The number of hydrogen-bond acceptors (Lipinski definition) is 6. The lowest BCUT2D eigenvalue weighted by molar-refractivity contribution is 0.0662. The number of halogens is 1. The van der Waals surface area contributed by atoms with E-state index < -0.39 is 0 Å². The summed E-state index contributed by atoms with van der Waals surface area (Å²) in [5.74, 6) is 0.505. The normalized spacial score (nSPS) is 15.0. The van der Waals surface area contributed by atoms with Gasteiger partial charge >= 0.3 is 0 Å². The van der Waals surface area contributed by atoms with Crippen LogP contribution in [0.15, 0.2) is 42.9 Å². The molecule has 0 saturated carbocycles. The van der Waals surface area contributed by atoms with E-state index in [0.29, 0.717) is 22.7 Å². The summed E-state index contributed by atoms with van der Waals surface area (Å²) >= 11 is 6.40. The molecule has 0 atom stereocenters. The minimum atomic E-state index is 0.357. The summed E-state index contributed by atoms with van der Waals surface area (Å²) in [6.45, 7) is 2.41. The quantitative estimate of drug-likeness (QED) is 0.656. The maximum Gasteiger partial charge on any atom is 0.227 e. The molecule has 3 aromatic rings. The van der Waals surface area contributed by atoms with Gasteiger partial charge < -0.3 is 15.0 Å². The zero-order valence-electron chi connectivity index (χ0n) is 16.7. The van der Waals surface area contributed by atoms with E-state index in [4.69, 9.17) is 16.3 Å². The van der Waals surface area contributed by atoms with Gasteiger partial charge in [-0.1, -0.05) is 23.7 Å². The molecule has 0 amide bonds. The predicted octanol–water partition coefficient (Wildman–Crippen LogP) is 4.15. The third kappa shape index (κ3) is 4.93. The van der Waals surface area contributed by atoms with Gasteiger partial charge in [-0.05, 0) is 44.6 Å². The zero-order chi connectivity index (χ0) is 20.2. The summed E-state index contributed by atoms with van der Waals surface area (Å²) < 4.78 is 7.43. The minimum absolute atomic E-state index is 0.357. The fourth-order valence-electron chi connectivity index (χ4n) is 3.48. The molecule has 1 aromatic carbocycles. The van der Waals surface area contributed by atoms with Crippen molar-refractivity contribution in [2.24, 2.45) is 0 Å². The average molecular weight is 413 g/mol. The fourth-order valence-corrected chi connectivity index (χ4v) is 3.68. The van der Waals surface area contributed by atoms with Gasteiger partial charge in [-0.3, -0.25) is 4.68 Å². The molecule has 1 fully saturated rings. The topological polar surface area (TPSA) is 68.1 Å². The predicted molar refractivity (Wildman–Crippen MR) is 114 cm³/mol. The summed E-state index contributed by atoms with van der Waals surface area (Å²) in [5, 5.41) is 8.31. The van der Waals surface area contributed by atoms with E-state index >= 15 is 0 Å². The number of nitrogens with one attached hydrogen (secondary N) is 1. The van der Waals surface area contributed by atoms with Gasteiger partial charge in [0.1, 0.15) is 0 Å². The number of ether oxygens (including phenoxy) is 1. The summed E-state index contributed by atoms with van der Waals surface area (Å²) in [7, 11) is 4.10. The largest absolute Gasteiger partial charge is 0.381 e. The first-order valence-corrected chi connectivity index (χ1v) is 10.1. The molecule has 0 radical (unpaired) electrons. The second kappa shape index (κ2) is 8.90. The van der Waals surface area contributed by atoms with Crippen molar-refractivity contribution < 1.29 is 4.74 Å². The van der Waals surface area contributed by atoms with Crippen LogP contribution in [0.1, 0.15) is 24.4 Å². The highest BCUT2D eigenvalue weighted by Crippen LogP contribution is 2.29. The molecule has 1 aliphatic rings. The van der Waals surface area contributed by atoms with Crippen molar-refractivity contribution in [3.63, 3.8) is 0 Å². The molecule has 3 heterocycles. The molecule has 1 N–H and O–H groups in total. The molecule has 0 bridgehead atoms. The van der Waals surface area contributed by atoms with E-state index in [1.165, 1.54) is 5.56 Å². The Bertz CT molecular complexity index is 967. The van der Waals surface area contributed by atoms with Gasteiger partial charge in [-0.25, -0.2) is 9.97 Å². The Morgan fingerprint density at radius 1 is 1.24 bits per heavy atom. The van der Waals surface area contributed by atoms with Crippen molar-refractivity contribution in [2.75, 3.05) is 32.6 Å². The van der Waals surface area contributed by atoms with Gasteiger partial charge in [-0.2, -0.15) is 5.10 Å². The van der Waals surface area contributed by atoms with Crippen LogP contribution in [-0.2, 0) is 11.3 Å². The van der Waals surface area contributed by atoms with Crippen molar-refractivity contribution in [1.29, 1.82) is 0 Å². The van der Waals surface area contributed by atoms with Gasteiger partial charge in [0.2, 0.25) is 5.95 Å². The summed E-state index contributed by atoms with van der Waals surface area (Å²) in [6, 6.07) is 8.58. The number of hydrogen-bond donors (Lipinski definition) is 1. The lowest BCUT2D eigenvalue weighted by Gasteiger charge is -2.22. The Balaban J connectivity index is 1.54. The van der Waals surface area contributed by atoms with Gasteiger partial charge in [0.15, 0.2) is 0 Å². The molecular weight excluding hydrogens is 388 g/mol. The minimum Gasteiger partial charge on any atom is -0.381 e. The molecule has 7 nitrogen and oxygen atoms in total. The smallest absolute Gasteiger partial charge is 0.227 e. The molecule has 2 aromatic heterocycles. The molecule has 1 aliphatic heterocycles. The molecule has 152 valence electrons. The lowest BCUT2D eigenvalue weighted by atomic mass is 10.1. The molecule has 1 saturated heterocycles. The van der Waals surface area contributed by atoms with Crippen LogP contribution < -0.4 is 5.32 Å². The first kappa shape index (κ1) is 19.8. The highest BCUT2D eigenvalue weighted by atomic mass is 35.5. The molecular formula is C21H25ClN6O. The second-order valence-corrected chi connectivity index (χ2v) is 7.91. The van der Waals surface area contributed by atoms with Crippen molar-refractivity contribution in [3.8, 4) is 11.3 Å². The van der Waals surface area contributed by atoms with Crippen molar-refractivity contribution in [2.45, 2.75) is 25.4 Å². The Morgan fingerprint density at radius 3 is 2.86 bits per heavy atom. The van der Waals surface area contributed by atoms with Crippen LogP contribution in [0.5, 0.6) is 0 Å². The van der Waals surface area contributed by atoms with Crippen LogP contribution in [0, 0.1) is 0 Å². The highest BCUT2D eigenvalue weighted by Gasteiger charge is 2.18. The van der Waals surface area contributed by atoms with Crippen molar-refractivity contribution >= 4 is 23.2 Å². The highest BCUT2D eigenvalue weighted by molar-refractivity contribution is 6.32. The number of benzene rings is 1. The SMILES string of the molecule is CN(C)Cc1cccc(Nc2ncc(Cl)c(-c3cnn(C4CCOCC4)c3)n2)c1. The van der Waals surface area contributed by atoms with E-state index in [0.717, 1.165) is 43.9 Å². The van der Waals surface area contributed by atoms with E-state index in [1.807, 2.05) is 29.2 Å². The van der Waals surface area contributed by atoms with Crippen LogP contribution in [-0.4, -0.2) is 52.0 Å². The second-order valence-electron chi connectivity index (χ2n) is 7.51. The first-order chi connectivity index (χ1) is 14.1. The molecule has 8 heteroatoms. The number of nitrogens with zero attached hydrogens (tertiary/aromatic N) is 5. The third-order valence-electron chi connectivity index (χ3n) is 4.87. The van der Waals surface area contributed by atoms with E-state index in [2.05, 4.69) is 51.5 Å². The average Bonchev–Trinajstić information content (AvgIpc) is 3.20. The van der Waals surface area contributed by atoms with Crippen molar-refractivity contribution in [1.82, 2.24) is 24.6 Å². The van der Waals surface area contributed by atoms with Gasteiger partial charge in [-0.15, -0.1) is 0 Å². The van der Waals surface area contributed by atoms with E-state index in [9.17, 15) is 0 Å². The maximum atomic E-state index is 6.40. The Kier molecular flexibility index (Phi) is 6.08. The van der Waals surface area contributed by atoms with Crippen LogP contribution in [0.4, 0.5) is 11.6 Å². The molecule has 4 rings (SSSR count). The molecule has 0 aliphatic carbocycles. The van der Waals surface area contributed by atoms with Crippen LogP contribution in [0.2, 0.25) is 5.02 Å². The maximum absolute atomic E-state index is 6.40. The van der Waals surface area contributed by atoms with Gasteiger partial charge in [0.25, 0.3) is 0 Å². The summed E-state index contributed by atoms with van der Waals surface area (Å²) in [6.07, 6.45) is 7.38. The van der Waals surface area contributed by atoms with Crippen LogP contribution in [0.3, 0.4) is 0 Å². The molecule has 0 unspecified atom stereocenters. The number of aromatic nitrogens is 4. The number of anilines is 2. The first-order valence-electron chi connectivity index (χ1n) is 9.74. The standard InChI is InChI=1S/C21H25ClN6O/c1-27(2)13-15-4-3-5-17(10-15)25-21-23-12-19(22)20(26-21)16-11-24-28(14-16)18-6-8-29-9-7-18/h3-5,10-12,14,18H,6-9,13H2,1-2H3,(H,23,25,26). The summed E-state index contributed by atoms with van der Waals surface area (Å²) in [5.41, 5.74) is 3.71. The third-order valence-corrected chi connectivity index (χ3v) is 5.14. The van der Waals surface area contributed by atoms with E-state index in [-0.39, 0.29) is 0 Å². The van der Waals surface area contributed by atoms with Crippen molar-refractivity contribution in [3.05, 3.63) is 53.4 Å². The van der Waals surface area contributed by atoms with Gasteiger partial charge in [0, 0.05) is 37.2 Å². The lowest BCUT2D eigenvalue weighted by Crippen LogP contribution is -2.19. The van der Waals surface area contributed by atoms with Crippen LogP contribution >= 0.6 is 11.6 Å². The monoisotopic (exact) mass is 412 g/mol. The molecule has 0 spiro atoms. The number of rotatable bonds is 6. The zero-order valence-corrected chi connectivity index (χ0v) is 17.4. The Morgan fingerprint density at radius 2 is 2.07 bits per heavy atom. The Labute approximate surface area is 175 Å². The fraction of sp³-hybridized carbons (Fsp3) is 0.381. The van der Waals surface area contributed by atoms with E-state index in [1.54, 1.807) is 6.20 Å².